The van der Waals surface area contributed by atoms with Crippen molar-refractivity contribution in [1.82, 2.24) is 19.5 Å². The minimum Gasteiger partial charge on any atom is -0.382 e. The third-order valence-corrected chi connectivity index (χ3v) is 4.89. The number of imidazole rings is 1. The number of nitrogens with zero attached hydrogens (tertiary/aromatic N) is 6. The topological polar surface area (TPSA) is 129 Å². The Morgan fingerprint density at radius 2 is 1.94 bits per heavy atom. The maximum absolute atomic E-state index is 14.6. The number of nitrogens with two attached hydrogens (primary N) is 1. The summed E-state index contributed by atoms with van der Waals surface area (Å²) in [6, 6.07) is 15.9. The Bertz CT molecular complexity index is 1350. The average Bonchev–Trinajstić information content (AvgIpc) is 3.16. The van der Waals surface area contributed by atoms with Crippen molar-refractivity contribution >= 4 is 22.7 Å². The number of nitrogens with one attached hydrogen (secondary N) is 1. The zero-order valence-electron chi connectivity index (χ0n) is 16.5. The summed E-state index contributed by atoms with van der Waals surface area (Å²) >= 11 is 0. The SMILES string of the molecule is C[C@H](Nc1ncnc(N)c1C#N)c1nc2ccc(F)c(CC#N)c2n1-c1ccccc1. The summed E-state index contributed by atoms with van der Waals surface area (Å²) in [5.74, 6) is 0.445. The second kappa shape index (κ2) is 8.09. The molecule has 2 aromatic heterocycles. The molecular weight excluding hydrogens is 395 g/mol. The highest BCUT2D eigenvalue weighted by Crippen LogP contribution is 2.31. The second-order valence-electron chi connectivity index (χ2n) is 6.83. The molecule has 2 aromatic carbocycles. The number of nitriles is 2. The van der Waals surface area contributed by atoms with Gasteiger partial charge >= 0.3 is 0 Å². The number of aromatic nitrogens is 4. The number of fused-ring (bicyclic) bond motifs is 1. The van der Waals surface area contributed by atoms with Gasteiger partial charge < -0.3 is 11.1 Å². The molecule has 2 heterocycles. The van der Waals surface area contributed by atoms with Crippen LogP contribution in [0.5, 0.6) is 0 Å². The summed E-state index contributed by atoms with van der Waals surface area (Å²) < 4.78 is 16.4. The van der Waals surface area contributed by atoms with E-state index in [0.717, 1.165) is 5.69 Å². The number of anilines is 2. The lowest BCUT2D eigenvalue weighted by Crippen LogP contribution is -2.15. The number of hydrogen-bond donors (Lipinski definition) is 2. The summed E-state index contributed by atoms with van der Waals surface area (Å²) in [6.45, 7) is 1.85. The van der Waals surface area contributed by atoms with Crippen molar-refractivity contribution in [3.05, 3.63) is 71.6 Å². The molecule has 3 N–H and O–H groups in total. The molecule has 4 aromatic rings. The molecule has 0 saturated carbocycles. The Morgan fingerprint density at radius 3 is 2.65 bits per heavy atom. The fraction of sp³-hybridized carbons (Fsp3) is 0.136. The zero-order chi connectivity index (χ0) is 22.0. The van der Waals surface area contributed by atoms with E-state index in [1.165, 1.54) is 12.4 Å². The lowest BCUT2D eigenvalue weighted by molar-refractivity contribution is 0.617. The third-order valence-electron chi connectivity index (χ3n) is 4.89. The van der Waals surface area contributed by atoms with Crippen molar-refractivity contribution in [2.45, 2.75) is 19.4 Å². The molecule has 0 saturated heterocycles. The fourth-order valence-corrected chi connectivity index (χ4v) is 3.49. The number of halogens is 1. The molecule has 0 radical (unpaired) electrons. The molecule has 0 unspecified atom stereocenters. The summed E-state index contributed by atoms with van der Waals surface area (Å²) in [5, 5.41) is 21.8. The minimum absolute atomic E-state index is 0.0714. The molecule has 1 atom stereocenters. The van der Waals surface area contributed by atoms with Gasteiger partial charge in [0.05, 0.1) is 29.6 Å². The van der Waals surface area contributed by atoms with Crippen LogP contribution >= 0.6 is 0 Å². The first kappa shape index (κ1) is 19.8. The van der Waals surface area contributed by atoms with Crippen LogP contribution in [-0.2, 0) is 6.42 Å². The minimum atomic E-state index is -0.464. The number of para-hydroxylation sites is 1. The molecule has 31 heavy (non-hydrogen) atoms. The largest absolute Gasteiger partial charge is 0.382 e. The first-order valence-corrected chi connectivity index (χ1v) is 9.44. The highest BCUT2D eigenvalue weighted by Gasteiger charge is 2.23. The van der Waals surface area contributed by atoms with Crippen LogP contribution in [-0.4, -0.2) is 19.5 Å². The molecule has 0 amide bonds. The molecule has 0 aliphatic rings. The summed E-state index contributed by atoms with van der Waals surface area (Å²) in [6.07, 6.45) is 1.18. The predicted molar refractivity (Wildman–Crippen MR) is 114 cm³/mol. The van der Waals surface area contributed by atoms with E-state index in [0.29, 0.717) is 16.9 Å². The quantitative estimate of drug-likeness (QED) is 0.512. The Morgan fingerprint density at radius 1 is 1.16 bits per heavy atom. The van der Waals surface area contributed by atoms with Crippen LogP contribution in [0.3, 0.4) is 0 Å². The van der Waals surface area contributed by atoms with Crippen LogP contribution in [0.15, 0.2) is 48.8 Å². The Balaban J connectivity index is 1.93. The Hall–Kier alpha value is -4.50. The number of benzene rings is 2. The van der Waals surface area contributed by atoms with Gasteiger partial charge in [-0.3, -0.25) is 4.57 Å². The lowest BCUT2D eigenvalue weighted by atomic mass is 10.1. The van der Waals surface area contributed by atoms with Crippen LogP contribution in [0.1, 0.15) is 29.9 Å². The van der Waals surface area contributed by atoms with Gasteiger partial charge in [0, 0.05) is 11.3 Å². The smallest absolute Gasteiger partial charge is 0.150 e. The monoisotopic (exact) mass is 412 g/mol. The molecule has 152 valence electrons. The van der Waals surface area contributed by atoms with Gasteiger partial charge in [-0.05, 0) is 31.2 Å². The van der Waals surface area contributed by atoms with E-state index in [2.05, 4.69) is 15.3 Å². The van der Waals surface area contributed by atoms with Crippen LogP contribution in [0.4, 0.5) is 16.0 Å². The van der Waals surface area contributed by atoms with Crippen molar-refractivity contribution in [1.29, 1.82) is 10.5 Å². The van der Waals surface area contributed by atoms with Crippen LogP contribution in [0.2, 0.25) is 0 Å². The first-order chi connectivity index (χ1) is 15.0. The Kier molecular flexibility index (Phi) is 5.17. The van der Waals surface area contributed by atoms with Gasteiger partial charge in [0.1, 0.15) is 41.2 Å². The number of rotatable bonds is 5. The molecule has 0 aliphatic heterocycles. The zero-order valence-corrected chi connectivity index (χ0v) is 16.5. The maximum atomic E-state index is 14.6. The van der Waals surface area contributed by atoms with E-state index in [4.69, 9.17) is 10.7 Å². The van der Waals surface area contributed by atoms with Gasteiger partial charge in [0.15, 0.2) is 0 Å². The maximum Gasteiger partial charge on any atom is 0.150 e. The van der Waals surface area contributed by atoms with Gasteiger partial charge in [-0.25, -0.2) is 19.3 Å². The normalized spacial score (nSPS) is 11.6. The Labute approximate surface area is 177 Å². The van der Waals surface area contributed by atoms with Gasteiger partial charge in [-0.2, -0.15) is 10.5 Å². The van der Waals surface area contributed by atoms with E-state index in [9.17, 15) is 14.9 Å². The van der Waals surface area contributed by atoms with Crippen molar-refractivity contribution in [3.63, 3.8) is 0 Å². The van der Waals surface area contributed by atoms with Crippen LogP contribution in [0, 0.1) is 28.5 Å². The molecule has 8 nitrogen and oxygen atoms in total. The van der Waals surface area contributed by atoms with Crippen molar-refractivity contribution < 1.29 is 4.39 Å². The molecule has 0 spiro atoms. The standard InChI is InChI=1S/C22H17FN8/c1-13(29-21-16(11-25)20(26)27-12-28-21)22-30-18-8-7-17(23)15(9-10-24)19(18)31(22)14-5-3-2-4-6-14/h2-8,12-13H,9H2,1H3,(H3,26,27,28,29)/t13-/m0/s1. The van der Waals surface area contributed by atoms with E-state index in [1.54, 1.807) is 6.07 Å². The van der Waals surface area contributed by atoms with Gasteiger partial charge in [-0.1, -0.05) is 18.2 Å². The van der Waals surface area contributed by atoms with Gasteiger partial charge in [0.2, 0.25) is 0 Å². The molecular formula is C22H17FN8. The fourth-order valence-electron chi connectivity index (χ4n) is 3.49. The first-order valence-electron chi connectivity index (χ1n) is 9.44. The van der Waals surface area contributed by atoms with E-state index in [-0.39, 0.29) is 29.2 Å². The van der Waals surface area contributed by atoms with Crippen LogP contribution < -0.4 is 11.1 Å². The third kappa shape index (κ3) is 3.49. The van der Waals surface area contributed by atoms with Gasteiger partial charge in [0.25, 0.3) is 0 Å². The van der Waals surface area contributed by atoms with Crippen LogP contribution in [0.25, 0.3) is 16.7 Å². The average molecular weight is 412 g/mol. The molecule has 0 aliphatic carbocycles. The van der Waals surface area contributed by atoms with E-state index in [1.807, 2.05) is 54.0 Å². The molecule has 0 bridgehead atoms. The van der Waals surface area contributed by atoms with Crippen molar-refractivity contribution in [2.24, 2.45) is 0 Å². The summed E-state index contributed by atoms with van der Waals surface area (Å²) in [7, 11) is 0. The second-order valence-corrected chi connectivity index (χ2v) is 6.83. The molecule has 4 rings (SSSR count). The molecule has 9 heteroatoms. The highest BCUT2D eigenvalue weighted by molar-refractivity contribution is 5.82. The number of nitrogen functional groups attached to an aromatic ring is 1. The van der Waals surface area contributed by atoms with Crippen molar-refractivity contribution in [2.75, 3.05) is 11.1 Å². The summed E-state index contributed by atoms with van der Waals surface area (Å²) in [4.78, 5) is 12.7. The summed E-state index contributed by atoms with van der Waals surface area (Å²) in [5.41, 5.74) is 8.05. The number of hydrogen-bond acceptors (Lipinski definition) is 7. The van der Waals surface area contributed by atoms with Crippen molar-refractivity contribution in [3.8, 4) is 17.8 Å². The van der Waals surface area contributed by atoms with Gasteiger partial charge in [-0.15, -0.1) is 0 Å². The lowest BCUT2D eigenvalue weighted by Gasteiger charge is -2.18. The molecule has 0 fully saturated rings. The predicted octanol–water partition coefficient (Wildman–Crippen LogP) is 3.65. The van der Waals surface area contributed by atoms with E-state index >= 15 is 0 Å². The van der Waals surface area contributed by atoms with E-state index < -0.39 is 11.9 Å². The highest BCUT2D eigenvalue weighted by atomic mass is 19.1.